The first-order valence-electron chi connectivity index (χ1n) is 13.6. The van der Waals surface area contributed by atoms with E-state index < -0.39 is 21.4 Å². The number of aromatic amines is 1. The predicted molar refractivity (Wildman–Crippen MR) is 161 cm³/mol. The Balaban J connectivity index is 1.18. The van der Waals surface area contributed by atoms with E-state index >= 15 is 0 Å². The second kappa shape index (κ2) is 11.6. The number of rotatable bonds is 7. The van der Waals surface area contributed by atoms with Crippen LogP contribution in [0.25, 0.3) is 10.8 Å². The van der Waals surface area contributed by atoms with Gasteiger partial charge in [0.25, 0.3) is 11.5 Å². The second-order valence-corrected chi connectivity index (χ2v) is 11.6. The van der Waals surface area contributed by atoms with Crippen molar-refractivity contribution in [3.8, 4) is 5.75 Å². The maximum Gasteiger partial charge on any atom is 0.339 e. The molecular formula is C31H27N5O6S. The largest absolute Gasteiger partial charge is 0.379 e. The molecule has 1 amide bonds. The summed E-state index contributed by atoms with van der Waals surface area (Å²) in [4.78, 5) is 48.1. The standard InChI is InChI=1S/C31H27N5O6S/c37-28-19-29(34-15-17-35(18-16-34)30(38)23-5-2-1-3-6-23)36(31(39)33-28)21-22-9-11-25(12-10-22)42-43(40,41)27-8-4-7-24-20-32-14-13-26(24)27/h1-14,19-20H,15-18,21H2,(H,33,37,39). The van der Waals surface area contributed by atoms with E-state index in [0.29, 0.717) is 53.9 Å². The normalized spacial score (nSPS) is 13.7. The number of fused-ring (bicyclic) bond motifs is 1. The highest BCUT2D eigenvalue weighted by atomic mass is 32.2. The van der Waals surface area contributed by atoms with Crippen molar-refractivity contribution in [2.45, 2.75) is 11.4 Å². The summed E-state index contributed by atoms with van der Waals surface area (Å²) >= 11 is 0. The van der Waals surface area contributed by atoms with Gasteiger partial charge in [0.15, 0.2) is 0 Å². The van der Waals surface area contributed by atoms with E-state index in [0.717, 1.165) is 0 Å². The zero-order valence-electron chi connectivity index (χ0n) is 22.9. The number of piperazine rings is 1. The van der Waals surface area contributed by atoms with E-state index in [1.807, 2.05) is 23.1 Å². The van der Waals surface area contributed by atoms with Crippen molar-refractivity contribution in [2.24, 2.45) is 0 Å². The minimum atomic E-state index is -4.13. The quantitative estimate of drug-likeness (QED) is 0.283. The van der Waals surface area contributed by atoms with Crippen LogP contribution in [0.5, 0.6) is 5.75 Å². The lowest BCUT2D eigenvalue weighted by Crippen LogP contribution is -2.50. The summed E-state index contributed by atoms with van der Waals surface area (Å²) in [5.41, 5.74) is 0.212. The molecule has 0 saturated carbocycles. The highest BCUT2D eigenvalue weighted by Gasteiger charge is 2.25. The summed E-state index contributed by atoms with van der Waals surface area (Å²) in [5, 5.41) is 1.18. The average molecular weight is 598 g/mol. The third-order valence-corrected chi connectivity index (χ3v) is 8.61. The van der Waals surface area contributed by atoms with Gasteiger partial charge in [0.1, 0.15) is 16.5 Å². The number of H-pyrrole nitrogens is 1. The van der Waals surface area contributed by atoms with Crippen molar-refractivity contribution in [3.63, 3.8) is 0 Å². The van der Waals surface area contributed by atoms with Crippen LogP contribution in [0.3, 0.4) is 0 Å². The summed E-state index contributed by atoms with van der Waals surface area (Å²) in [6, 6.07) is 23.3. The fraction of sp³-hybridized carbons (Fsp3) is 0.161. The SMILES string of the molecule is O=C(c1ccccc1)N1CCN(c2cc(=O)[nH]c(=O)n2Cc2ccc(OS(=O)(=O)c3cccc4cnccc34)cc2)CC1. The molecule has 1 saturated heterocycles. The fourth-order valence-electron chi connectivity index (χ4n) is 5.14. The number of aromatic nitrogens is 3. The predicted octanol–water partition coefficient (Wildman–Crippen LogP) is 2.86. The molecule has 3 heterocycles. The van der Waals surface area contributed by atoms with Crippen molar-refractivity contribution >= 4 is 32.6 Å². The topological polar surface area (TPSA) is 135 Å². The van der Waals surface area contributed by atoms with Crippen LogP contribution < -0.4 is 20.3 Å². The first-order valence-corrected chi connectivity index (χ1v) is 15.0. The molecule has 1 aliphatic heterocycles. The number of amides is 1. The summed E-state index contributed by atoms with van der Waals surface area (Å²) < 4.78 is 33.0. The molecule has 3 aromatic carbocycles. The van der Waals surface area contributed by atoms with Gasteiger partial charge in [-0.05, 0) is 42.0 Å². The van der Waals surface area contributed by atoms with Crippen LogP contribution >= 0.6 is 0 Å². The van der Waals surface area contributed by atoms with E-state index in [1.54, 1.807) is 53.6 Å². The molecule has 6 rings (SSSR count). The number of hydrogen-bond donors (Lipinski definition) is 1. The Labute approximate surface area is 246 Å². The minimum Gasteiger partial charge on any atom is -0.379 e. The molecule has 11 nitrogen and oxygen atoms in total. The second-order valence-electron chi connectivity index (χ2n) is 10.1. The molecule has 43 heavy (non-hydrogen) atoms. The van der Waals surface area contributed by atoms with E-state index in [9.17, 15) is 22.8 Å². The highest BCUT2D eigenvalue weighted by Crippen LogP contribution is 2.26. The molecule has 2 aromatic heterocycles. The van der Waals surface area contributed by atoms with Crippen LogP contribution in [-0.2, 0) is 16.7 Å². The Morgan fingerprint density at radius 3 is 2.37 bits per heavy atom. The zero-order valence-corrected chi connectivity index (χ0v) is 23.7. The molecule has 1 aliphatic rings. The average Bonchev–Trinajstić information content (AvgIpc) is 3.03. The van der Waals surface area contributed by atoms with Crippen LogP contribution in [0.1, 0.15) is 15.9 Å². The number of hydrogen-bond acceptors (Lipinski definition) is 8. The van der Waals surface area contributed by atoms with Gasteiger partial charge in [-0.2, -0.15) is 8.42 Å². The van der Waals surface area contributed by atoms with Crippen LogP contribution in [0.4, 0.5) is 5.82 Å². The third-order valence-electron chi connectivity index (χ3n) is 7.30. The monoisotopic (exact) mass is 597 g/mol. The first-order chi connectivity index (χ1) is 20.8. The van der Waals surface area contributed by atoms with E-state index in [-0.39, 0.29) is 23.1 Å². The number of anilines is 1. The van der Waals surface area contributed by atoms with Gasteiger partial charge in [-0.1, -0.05) is 42.5 Å². The Morgan fingerprint density at radius 1 is 0.884 bits per heavy atom. The van der Waals surface area contributed by atoms with Gasteiger partial charge >= 0.3 is 15.8 Å². The van der Waals surface area contributed by atoms with Crippen LogP contribution in [-0.4, -0.2) is 59.9 Å². The van der Waals surface area contributed by atoms with Gasteiger partial charge in [0.2, 0.25) is 0 Å². The molecule has 0 aliphatic carbocycles. The van der Waals surface area contributed by atoms with Crippen molar-refractivity contribution < 1.29 is 17.4 Å². The summed E-state index contributed by atoms with van der Waals surface area (Å²) in [5.74, 6) is 0.488. The number of carbonyl (C=O) groups excluding carboxylic acids is 1. The number of nitrogens with one attached hydrogen (secondary N) is 1. The molecule has 0 unspecified atom stereocenters. The van der Waals surface area contributed by atoms with E-state index in [2.05, 4.69) is 9.97 Å². The van der Waals surface area contributed by atoms with Crippen LogP contribution in [0.2, 0.25) is 0 Å². The Bertz CT molecular complexity index is 2010. The van der Waals surface area contributed by atoms with Gasteiger partial charge in [-0.25, -0.2) is 4.79 Å². The number of nitrogens with zero attached hydrogens (tertiary/aromatic N) is 4. The van der Waals surface area contributed by atoms with Gasteiger partial charge in [-0.15, -0.1) is 0 Å². The summed E-state index contributed by atoms with van der Waals surface area (Å²) in [6.45, 7) is 1.87. The highest BCUT2D eigenvalue weighted by molar-refractivity contribution is 7.87. The molecule has 0 atom stereocenters. The van der Waals surface area contributed by atoms with Crippen molar-refractivity contribution in [1.29, 1.82) is 0 Å². The minimum absolute atomic E-state index is 0.0338. The molecule has 5 aromatic rings. The third kappa shape index (κ3) is 5.90. The first kappa shape index (κ1) is 27.9. The number of carbonyl (C=O) groups is 1. The fourth-order valence-corrected chi connectivity index (χ4v) is 6.30. The lowest BCUT2D eigenvalue weighted by atomic mass is 10.2. The molecule has 0 bridgehead atoms. The zero-order chi connectivity index (χ0) is 30.0. The number of benzene rings is 3. The number of pyridine rings is 1. The lowest BCUT2D eigenvalue weighted by Gasteiger charge is -2.36. The lowest BCUT2D eigenvalue weighted by molar-refractivity contribution is 0.0746. The van der Waals surface area contributed by atoms with Crippen molar-refractivity contribution in [2.75, 3.05) is 31.1 Å². The molecule has 0 radical (unpaired) electrons. The molecule has 12 heteroatoms. The van der Waals surface area contributed by atoms with Crippen molar-refractivity contribution in [3.05, 3.63) is 129 Å². The van der Waals surface area contributed by atoms with Gasteiger partial charge in [-0.3, -0.25) is 24.1 Å². The van der Waals surface area contributed by atoms with Crippen molar-refractivity contribution in [1.82, 2.24) is 19.4 Å². The molecule has 1 fully saturated rings. The van der Waals surface area contributed by atoms with E-state index in [1.165, 1.54) is 35.0 Å². The Hall–Kier alpha value is -5.23. The molecule has 218 valence electrons. The molecular weight excluding hydrogens is 570 g/mol. The van der Waals surface area contributed by atoms with Gasteiger partial charge < -0.3 is 14.0 Å². The molecule has 1 N–H and O–H groups in total. The summed E-state index contributed by atoms with van der Waals surface area (Å²) in [7, 11) is -4.13. The Kier molecular flexibility index (Phi) is 7.51. The molecule has 0 spiro atoms. The smallest absolute Gasteiger partial charge is 0.339 e. The van der Waals surface area contributed by atoms with E-state index in [4.69, 9.17) is 4.18 Å². The summed E-state index contributed by atoms with van der Waals surface area (Å²) in [6.07, 6.45) is 3.10. The van der Waals surface area contributed by atoms with Crippen LogP contribution in [0, 0.1) is 0 Å². The maximum absolute atomic E-state index is 13.1. The Morgan fingerprint density at radius 2 is 1.63 bits per heavy atom. The maximum atomic E-state index is 13.1. The van der Waals surface area contributed by atoms with Gasteiger partial charge in [0.05, 0.1) is 6.54 Å². The van der Waals surface area contributed by atoms with Crippen LogP contribution in [0.15, 0.2) is 112 Å². The van der Waals surface area contributed by atoms with Gasteiger partial charge in [0, 0.05) is 61.0 Å².